The van der Waals surface area contributed by atoms with E-state index in [9.17, 15) is 4.79 Å². The van der Waals surface area contributed by atoms with Gasteiger partial charge in [-0.15, -0.1) is 12.4 Å². The Morgan fingerprint density at radius 3 is 2.73 bits per heavy atom. The Kier molecular flexibility index (Phi) is 4.79. The third-order valence-corrected chi connectivity index (χ3v) is 2.80. The third kappa shape index (κ3) is 3.05. The predicted molar refractivity (Wildman–Crippen MR) is 63.2 cm³/mol. The highest BCUT2D eigenvalue weighted by Gasteiger charge is 2.23. The zero-order chi connectivity index (χ0) is 9.80. The van der Waals surface area contributed by atoms with Gasteiger partial charge in [-0.2, -0.15) is 0 Å². The van der Waals surface area contributed by atoms with Crippen LogP contribution in [0.5, 0.6) is 0 Å². The maximum absolute atomic E-state index is 10.8. The summed E-state index contributed by atoms with van der Waals surface area (Å²) in [6, 6.07) is 10.5. The van der Waals surface area contributed by atoms with Gasteiger partial charge in [-0.25, -0.2) is 0 Å². The highest BCUT2D eigenvalue weighted by Crippen LogP contribution is 2.18. The van der Waals surface area contributed by atoms with Gasteiger partial charge < -0.3 is 4.79 Å². The van der Waals surface area contributed by atoms with Gasteiger partial charge in [-0.1, -0.05) is 30.3 Å². The zero-order valence-electron chi connectivity index (χ0n) is 8.63. The zero-order valence-corrected chi connectivity index (χ0v) is 9.45. The Balaban J connectivity index is 0.00000112. The SMILES string of the molecule is Cl.O=C[C@@H]1CCCN1Cc1ccccc1. The van der Waals surface area contributed by atoms with Crippen LogP contribution in [0, 0.1) is 0 Å². The van der Waals surface area contributed by atoms with Crippen LogP contribution < -0.4 is 0 Å². The lowest BCUT2D eigenvalue weighted by atomic mass is 10.2. The van der Waals surface area contributed by atoms with Crippen molar-refractivity contribution in [2.45, 2.75) is 25.4 Å². The van der Waals surface area contributed by atoms with Crippen molar-refractivity contribution in [2.24, 2.45) is 0 Å². The molecule has 15 heavy (non-hydrogen) atoms. The number of rotatable bonds is 3. The van der Waals surface area contributed by atoms with Crippen molar-refractivity contribution in [3.8, 4) is 0 Å². The molecule has 1 aliphatic rings. The Labute approximate surface area is 96.7 Å². The summed E-state index contributed by atoms with van der Waals surface area (Å²) in [6.45, 7) is 1.96. The number of halogens is 1. The lowest BCUT2D eigenvalue weighted by Gasteiger charge is -2.19. The summed E-state index contributed by atoms with van der Waals surface area (Å²) in [5, 5.41) is 0. The molecule has 0 radical (unpaired) electrons. The predicted octanol–water partition coefficient (Wildman–Crippen LogP) is 2.27. The van der Waals surface area contributed by atoms with E-state index in [1.54, 1.807) is 0 Å². The van der Waals surface area contributed by atoms with Crippen molar-refractivity contribution in [3.05, 3.63) is 35.9 Å². The second-order valence-electron chi connectivity index (χ2n) is 3.80. The van der Waals surface area contributed by atoms with Gasteiger partial charge in [-0.3, -0.25) is 4.90 Å². The monoisotopic (exact) mass is 225 g/mol. The number of benzene rings is 1. The number of nitrogens with zero attached hydrogens (tertiary/aromatic N) is 1. The van der Waals surface area contributed by atoms with E-state index in [0.29, 0.717) is 0 Å². The number of likely N-dealkylation sites (tertiary alicyclic amines) is 1. The first kappa shape index (κ1) is 12.2. The number of carbonyl (C=O) groups is 1. The van der Waals surface area contributed by atoms with E-state index in [2.05, 4.69) is 17.0 Å². The summed E-state index contributed by atoms with van der Waals surface area (Å²) in [5.41, 5.74) is 1.29. The molecular weight excluding hydrogens is 210 g/mol. The first-order chi connectivity index (χ1) is 6.90. The minimum absolute atomic E-state index is 0. The van der Waals surface area contributed by atoms with Gasteiger partial charge in [0.1, 0.15) is 6.29 Å². The van der Waals surface area contributed by atoms with Crippen LogP contribution in [0.3, 0.4) is 0 Å². The molecule has 1 saturated heterocycles. The number of hydrogen-bond acceptors (Lipinski definition) is 2. The molecule has 0 N–H and O–H groups in total. The summed E-state index contributed by atoms with van der Waals surface area (Å²) < 4.78 is 0. The maximum atomic E-state index is 10.8. The van der Waals surface area contributed by atoms with Gasteiger partial charge in [0, 0.05) is 6.54 Å². The summed E-state index contributed by atoms with van der Waals surface area (Å²) >= 11 is 0. The van der Waals surface area contributed by atoms with Crippen molar-refractivity contribution in [2.75, 3.05) is 6.54 Å². The normalized spacial score (nSPS) is 20.9. The fourth-order valence-corrected chi connectivity index (χ4v) is 2.02. The first-order valence-electron chi connectivity index (χ1n) is 5.13. The molecule has 0 amide bonds. The Bertz CT molecular complexity index is 302. The molecule has 1 heterocycles. The minimum Gasteiger partial charge on any atom is -0.302 e. The van der Waals surface area contributed by atoms with E-state index in [4.69, 9.17) is 0 Å². The Morgan fingerprint density at radius 1 is 1.33 bits per heavy atom. The van der Waals surface area contributed by atoms with E-state index in [1.165, 1.54) is 5.56 Å². The molecule has 0 saturated carbocycles. The number of aldehydes is 1. The molecule has 82 valence electrons. The summed E-state index contributed by atoms with van der Waals surface area (Å²) in [7, 11) is 0. The highest BCUT2D eigenvalue weighted by molar-refractivity contribution is 5.85. The highest BCUT2D eigenvalue weighted by atomic mass is 35.5. The van der Waals surface area contributed by atoms with Crippen LogP contribution in [0.2, 0.25) is 0 Å². The first-order valence-corrected chi connectivity index (χ1v) is 5.13. The molecule has 2 nitrogen and oxygen atoms in total. The molecular formula is C12H16ClNO. The van der Waals surface area contributed by atoms with Gasteiger partial charge in [0.25, 0.3) is 0 Å². The van der Waals surface area contributed by atoms with Gasteiger partial charge >= 0.3 is 0 Å². The molecule has 0 unspecified atom stereocenters. The fourth-order valence-electron chi connectivity index (χ4n) is 2.02. The average Bonchev–Trinajstić information content (AvgIpc) is 2.67. The lowest BCUT2D eigenvalue weighted by molar-refractivity contribution is -0.111. The third-order valence-electron chi connectivity index (χ3n) is 2.80. The largest absolute Gasteiger partial charge is 0.302 e. The van der Waals surface area contributed by atoms with Gasteiger partial charge in [0.2, 0.25) is 0 Å². The van der Waals surface area contributed by atoms with Gasteiger partial charge in [0.15, 0.2) is 0 Å². The lowest BCUT2D eigenvalue weighted by Crippen LogP contribution is -2.29. The van der Waals surface area contributed by atoms with Crippen molar-refractivity contribution in [1.29, 1.82) is 0 Å². The second kappa shape index (κ2) is 5.89. The molecule has 2 rings (SSSR count). The van der Waals surface area contributed by atoms with E-state index >= 15 is 0 Å². The molecule has 1 aromatic rings. The molecule has 0 aromatic heterocycles. The van der Waals surface area contributed by atoms with Crippen LogP contribution in [0.1, 0.15) is 18.4 Å². The van der Waals surface area contributed by atoms with Crippen molar-refractivity contribution in [1.82, 2.24) is 4.90 Å². The van der Waals surface area contributed by atoms with E-state index in [1.807, 2.05) is 18.2 Å². The van der Waals surface area contributed by atoms with E-state index in [0.717, 1.165) is 32.2 Å². The van der Waals surface area contributed by atoms with Crippen molar-refractivity contribution >= 4 is 18.7 Å². The van der Waals surface area contributed by atoms with E-state index < -0.39 is 0 Å². The topological polar surface area (TPSA) is 20.3 Å². The Morgan fingerprint density at radius 2 is 2.07 bits per heavy atom. The molecule has 0 spiro atoms. The molecule has 1 fully saturated rings. The standard InChI is InChI=1S/C12H15NO.ClH/c14-10-12-7-4-8-13(12)9-11-5-2-1-3-6-11;/h1-3,5-6,10,12H,4,7-9H2;1H/t12-;/m0./s1. The van der Waals surface area contributed by atoms with Crippen LogP contribution in [0.25, 0.3) is 0 Å². The molecule has 1 aliphatic heterocycles. The number of carbonyl (C=O) groups excluding carboxylic acids is 1. The van der Waals surface area contributed by atoms with Crippen molar-refractivity contribution in [3.63, 3.8) is 0 Å². The van der Waals surface area contributed by atoms with Crippen LogP contribution in [0.15, 0.2) is 30.3 Å². The van der Waals surface area contributed by atoms with Crippen molar-refractivity contribution < 1.29 is 4.79 Å². The quantitative estimate of drug-likeness (QED) is 0.736. The van der Waals surface area contributed by atoms with Gasteiger partial charge in [-0.05, 0) is 24.9 Å². The molecule has 1 aromatic carbocycles. The fraction of sp³-hybridized carbons (Fsp3) is 0.417. The molecule has 3 heteroatoms. The summed E-state index contributed by atoms with van der Waals surface area (Å²) in [4.78, 5) is 13.0. The van der Waals surface area contributed by atoms with Crippen LogP contribution in [0.4, 0.5) is 0 Å². The smallest absolute Gasteiger partial charge is 0.137 e. The average molecular weight is 226 g/mol. The molecule has 1 atom stereocenters. The van der Waals surface area contributed by atoms with Crippen LogP contribution in [-0.4, -0.2) is 23.8 Å². The van der Waals surface area contributed by atoms with Crippen LogP contribution in [-0.2, 0) is 11.3 Å². The van der Waals surface area contributed by atoms with Gasteiger partial charge in [0.05, 0.1) is 6.04 Å². The second-order valence-corrected chi connectivity index (χ2v) is 3.80. The summed E-state index contributed by atoms with van der Waals surface area (Å²) in [6.07, 6.45) is 3.25. The van der Waals surface area contributed by atoms with Crippen LogP contribution >= 0.6 is 12.4 Å². The summed E-state index contributed by atoms with van der Waals surface area (Å²) in [5.74, 6) is 0. The van der Waals surface area contributed by atoms with E-state index in [-0.39, 0.29) is 18.4 Å². The Hall–Kier alpha value is -0.860. The minimum atomic E-state index is 0. The number of hydrogen-bond donors (Lipinski definition) is 0. The molecule has 0 aliphatic carbocycles. The maximum Gasteiger partial charge on any atom is 0.137 e. The molecule has 0 bridgehead atoms.